The van der Waals surface area contributed by atoms with Crippen molar-refractivity contribution in [3.05, 3.63) is 51.7 Å². The average Bonchev–Trinajstić information content (AvgIpc) is 3.18. The summed E-state index contributed by atoms with van der Waals surface area (Å²) in [5.74, 6) is -0.411. The van der Waals surface area contributed by atoms with Crippen molar-refractivity contribution in [3.8, 4) is 0 Å². The number of rotatable bonds is 6. The number of nitrogens with one attached hydrogen (secondary N) is 1. The molecular formula is C19H24N2O4S2. The molecule has 2 N–H and O–H groups in total. The molecule has 146 valence electrons. The zero-order valence-corrected chi connectivity index (χ0v) is 17.0. The summed E-state index contributed by atoms with van der Waals surface area (Å²) in [7, 11) is -3.59. The van der Waals surface area contributed by atoms with Crippen LogP contribution >= 0.6 is 11.3 Å². The van der Waals surface area contributed by atoms with E-state index in [1.165, 1.54) is 11.3 Å². The Morgan fingerprint density at radius 3 is 2.74 bits per heavy atom. The molecule has 6 nitrogen and oxygen atoms in total. The third-order valence-electron chi connectivity index (χ3n) is 4.71. The van der Waals surface area contributed by atoms with E-state index in [4.69, 9.17) is 0 Å². The molecule has 1 atom stereocenters. The molecule has 0 radical (unpaired) electrons. The van der Waals surface area contributed by atoms with Gasteiger partial charge in [0, 0.05) is 24.5 Å². The SMILES string of the molecule is CC(C)[C@H](O)C(=O)N1CCc2cc(S(=O)(=O)NCc3cccs3)ccc2C1. The van der Waals surface area contributed by atoms with Crippen molar-refractivity contribution in [2.75, 3.05) is 6.54 Å². The fourth-order valence-corrected chi connectivity index (χ4v) is 4.81. The van der Waals surface area contributed by atoms with Gasteiger partial charge in [0.1, 0.15) is 6.10 Å². The van der Waals surface area contributed by atoms with E-state index in [2.05, 4.69) is 4.72 Å². The number of carbonyl (C=O) groups excluding carboxylic acids is 1. The summed E-state index contributed by atoms with van der Waals surface area (Å²) in [5.41, 5.74) is 1.85. The van der Waals surface area contributed by atoms with Crippen molar-refractivity contribution in [2.24, 2.45) is 5.92 Å². The van der Waals surface area contributed by atoms with Crippen molar-refractivity contribution in [1.29, 1.82) is 0 Å². The number of fused-ring (bicyclic) bond motifs is 1. The van der Waals surface area contributed by atoms with Crippen LogP contribution in [0.3, 0.4) is 0 Å². The Morgan fingerprint density at radius 2 is 2.07 bits per heavy atom. The predicted molar refractivity (Wildman–Crippen MR) is 105 cm³/mol. The topological polar surface area (TPSA) is 86.7 Å². The van der Waals surface area contributed by atoms with E-state index in [0.29, 0.717) is 19.5 Å². The maximum absolute atomic E-state index is 12.5. The Balaban J connectivity index is 1.72. The van der Waals surface area contributed by atoms with Gasteiger partial charge in [-0.2, -0.15) is 0 Å². The Bertz CT molecular complexity index is 908. The first kappa shape index (κ1) is 20.0. The van der Waals surface area contributed by atoms with Crippen LogP contribution in [0.5, 0.6) is 0 Å². The molecule has 2 aromatic rings. The normalized spacial score (nSPS) is 15.6. The number of aliphatic hydroxyl groups is 1. The molecule has 0 saturated carbocycles. The smallest absolute Gasteiger partial charge is 0.251 e. The van der Waals surface area contributed by atoms with Crippen molar-refractivity contribution in [3.63, 3.8) is 0 Å². The first-order valence-corrected chi connectivity index (χ1v) is 11.2. The zero-order valence-electron chi connectivity index (χ0n) is 15.4. The molecule has 1 aliphatic rings. The number of hydrogen-bond donors (Lipinski definition) is 2. The van der Waals surface area contributed by atoms with Gasteiger partial charge in [-0.3, -0.25) is 4.79 Å². The monoisotopic (exact) mass is 408 g/mol. The average molecular weight is 409 g/mol. The molecule has 0 unspecified atom stereocenters. The fraction of sp³-hybridized carbons (Fsp3) is 0.421. The summed E-state index contributed by atoms with van der Waals surface area (Å²) in [5, 5.41) is 11.9. The van der Waals surface area contributed by atoms with E-state index in [-0.39, 0.29) is 23.3 Å². The highest BCUT2D eigenvalue weighted by molar-refractivity contribution is 7.89. The first-order chi connectivity index (χ1) is 12.8. The quantitative estimate of drug-likeness (QED) is 0.767. The lowest BCUT2D eigenvalue weighted by Crippen LogP contribution is -2.44. The molecule has 3 rings (SSSR count). The number of benzene rings is 1. The molecule has 1 aromatic heterocycles. The number of carbonyl (C=O) groups is 1. The third kappa shape index (κ3) is 4.57. The van der Waals surface area contributed by atoms with E-state index >= 15 is 0 Å². The maximum Gasteiger partial charge on any atom is 0.251 e. The standard InChI is InChI=1S/C19H24N2O4S2/c1-13(2)18(22)19(23)21-8-7-14-10-17(6-5-15(14)12-21)27(24,25)20-11-16-4-3-9-26-16/h3-6,9-10,13,18,20,22H,7-8,11-12H2,1-2H3/t18-/m0/s1. The van der Waals surface area contributed by atoms with Crippen LogP contribution in [-0.2, 0) is 34.3 Å². The van der Waals surface area contributed by atoms with Gasteiger partial charge in [-0.05, 0) is 47.0 Å². The van der Waals surface area contributed by atoms with Crippen molar-refractivity contribution < 1.29 is 18.3 Å². The zero-order chi connectivity index (χ0) is 19.6. The number of aliphatic hydroxyl groups excluding tert-OH is 1. The fourth-order valence-electron chi connectivity index (χ4n) is 3.02. The highest BCUT2D eigenvalue weighted by atomic mass is 32.2. The Kier molecular flexibility index (Phi) is 6.00. The van der Waals surface area contributed by atoms with Crippen LogP contribution in [0.1, 0.15) is 29.9 Å². The van der Waals surface area contributed by atoms with E-state index in [1.807, 2.05) is 17.5 Å². The number of hydrogen-bond acceptors (Lipinski definition) is 5. The summed E-state index contributed by atoms with van der Waals surface area (Å²) < 4.78 is 27.7. The highest BCUT2D eigenvalue weighted by Crippen LogP contribution is 2.24. The van der Waals surface area contributed by atoms with Crippen LogP contribution in [0.15, 0.2) is 40.6 Å². The van der Waals surface area contributed by atoms with Crippen LogP contribution in [0.25, 0.3) is 0 Å². The number of nitrogens with zero attached hydrogens (tertiary/aromatic N) is 1. The maximum atomic E-state index is 12.5. The molecule has 0 saturated heterocycles. The Morgan fingerprint density at radius 1 is 1.30 bits per heavy atom. The first-order valence-electron chi connectivity index (χ1n) is 8.88. The van der Waals surface area contributed by atoms with Crippen LogP contribution in [0, 0.1) is 5.92 Å². The van der Waals surface area contributed by atoms with Crippen molar-refractivity contribution in [2.45, 2.75) is 44.4 Å². The summed E-state index contributed by atoms with van der Waals surface area (Å²) in [6.07, 6.45) is -0.437. The van der Waals surface area contributed by atoms with Crippen LogP contribution in [0.2, 0.25) is 0 Å². The van der Waals surface area contributed by atoms with Gasteiger partial charge in [0.15, 0.2) is 0 Å². The molecule has 0 fully saturated rings. The van der Waals surface area contributed by atoms with Gasteiger partial charge in [-0.15, -0.1) is 11.3 Å². The van der Waals surface area contributed by atoms with Gasteiger partial charge >= 0.3 is 0 Å². The molecule has 1 amide bonds. The second-order valence-corrected chi connectivity index (χ2v) is 9.83. The van der Waals surface area contributed by atoms with E-state index in [9.17, 15) is 18.3 Å². The second kappa shape index (κ2) is 8.10. The van der Waals surface area contributed by atoms with Crippen LogP contribution in [0.4, 0.5) is 0 Å². The van der Waals surface area contributed by atoms with Gasteiger partial charge in [-0.25, -0.2) is 13.1 Å². The molecule has 0 aliphatic carbocycles. The highest BCUT2D eigenvalue weighted by Gasteiger charge is 2.28. The van der Waals surface area contributed by atoms with Gasteiger partial charge in [0.2, 0.25) is 10.0 Å². The van der Waals surface area contributed by atoms with Crippen LogP contribution < -0.4 is 4.72 Å². The molecule has 0 spiro atoms. The summed E-state index contributed by atoms with van der Waals surface area (Å²) >= 11 is 1.50. The van der Waals surface area contributed by atoms with Gasteiger partial charge in [0.25, 0.3) is 5.91 Å². The molecule has 0 bridgehead atoms. The summed E-state index contributed by atoms with van der Waals surface area (Å²) in [6.45, 7) is 4.75. The molecule has 1 aliphatic heterocycles. The largest absolute Gasteiger partial charge is 0.383 e. The lowest BCUT2D eigenvalue weighted by atomic mass is 9.98. The minimum atomic E-state index is -3.59. The van der Waals surface area contributed by atoms with Gasteiger partial charge in [0.05, 0.1) is 4.90 Å². The molecule has 8 heteroatoms. The third-order valence-corrected chi connectivity index (χ3v) is 6.99. The minimum Gasteiger partial charge on any atom is -0.383 e. The number of thiophene rings is 1. The van der Waals surface area contributed by atoms with E-state index in [0.717, 1.165) is 16.0 Å². The predicted octanol–water partition coefficient (Wildman–Crippen LogP) is 2.13. The number of amides is 1. The minimum absolute atomic E-state index is 0.138. The van der Waals surface area contributed by atoms with Crippen LogP contribution in [-0.4, -0.2) is 37.0 Å². The Hall–Kier alpha value is -1.74. The van der Waals surface area contributed by atoms with E-state index in [1.54, 1.807) is 36.9 Å². The van der Waals surface area contributed by atoms with Gasteiger partial charge < -0.3 is 10.0 Å². The number of sulfonamides is 1. The Labute approximate surface area is 163 Å². The summed E-state index contributed by atoms with van der Waals surface area (Å²) in [4.78, 5) is 15.2. The molecule has 2 heterocycles. The molecule has 27 heavy (non-hydrogen) atoms. The van der Waals surface area contributed by atoms with Crippen molar-refractivity contribution in [1.82, 2.24) is 9.62 Å². The van der Waals surface area contributed by atoms with Gasteiger partial charge in [-0.1, -0.05) is 26.0 Å². The summed E-state index contributed by atoms with van der Waals surface area (Å²) in [6, 6.07) is 8.79. The lowest BCUT2D eigenvalue weighted by Gasteiger charge is -2.31. The molecular weight excluding hydrogens is 384 g/mol. The lowest BCUT2D eigenvalue weighted by molar-refractivity contribution is -0.143. The van der Waals surface area contributed by atoms with Crippen molar-refractivity contribution >= 4 is 27.3 Å². The van der Waals surface area contributed by atoms with E-state index < -0.39 is 16.1 Å². The molecule has 1 aromatic carbocycles. The second-order valence-electron chi connectivity index (χ2n) is 7.03.